The first-order chi connectivity index (χ1) is 13.0. The van der Waals surface area contributed by atoms with E-state index in [4.69, 9.17) is 14.2 Å². The Morgan fingerprint density at radius 2 is 1.74 bits per heavy atom. The SMILES string of the molecule is COC(=O)c1ccc(C=C2C=C(c3ccc(OC)cc3OC)OC2=O)cc1. The number of hydrogen-bond acceptors (Lipinski definition) is 6. The molecule has 6 heteroatoms. The molecule has 0 amide bonds. The molecule has 1 aliphatic heterocycles. The van der Waals surface area contributed by atoms with Crippen LogP contribution >= 0.6 is 0 Å². The van der Waals surface area contributed by atoms with Crippen molar-refractivity contribution in [3.05, 3.63) is 70.8 Å². The lowest BCUT2D eigenvalue weighted by atomic mass is 10.1. The number of esters is 2. The van der Waals surface area contributed by atoms with Crippen molar-refractivity contribution >= 4 is 23.8 Å². The van der Waals surface area contributed by atoms with Crippen LogP contribution in [0.15, 0.2) is 54.1 Å². The van der Waals surface area contributed by atoms with Gasteiger partial charge in [-0.05, 0) is 42.0 Å². The average Bonchev–Trinajstić information content (AvgIpc) is 3.07. The Morgan fingerprint density at radius 1 is 1.00 bits per heavy atom. The fraction of sp³-hybridized carbons (Fsp3) is 0.143. The second kappa shape index (κ2) is 7.78. The molecule has 6 nitrogen and oxygen atoms in total. The highest BCUT2D eigenvalue weighted by atomic mass is 16.5. The van der Waals surface area contributed by atoms with Crippen LogP contribution in [0.5, 0.6) is 11.5 Å². The standard InChI is InChI=1S/C21H18O6/c1-24-16-8-9-17(18(12-16)25-2)19-11-15(21(23)27-19)10-13-4-6-14(7-5-13)20(22)26-3/h4-12H,1-3H3. The van der Waals surface area contributed by atoms with Gasteiger partial charge in [0.2, 0.25) is 0 Å². The highest BCUT2D eigenvalue weighted by Crippen LogP contribution is 2.35. The molecule has 0 saturated heterocycles. The quantitative estimate of drug-likeness (QED) is 0.596. The zero-order chi connectivity index (χ0) is 19.4. The predicted molar refractivity (Wildman–Crippen MR) is 99.4 cm³/mol. The Bertz CT molecular complexity index is 938. The molecular formula is C21H18O6. The van der Waals surface area contributed by atoms with Gasteiger partial charge < -0.3 is 18.9 Å². The number of ether oxygens (including phenoxy) is 4. The molecule has 138 valence electrons. The largest absolute Gasteiger partial charge is 0.497 e. The van der Waals surface area contributed by atoms with Crippen molar-refractivity contribution < 1.29 is 28.5 Å². The van der Waals surface area contributed by atoms with Gasteiger partial charge in [0.15, 0.2) is 0 Å². The Morgan fingerprint density at radius 3 is 2.37 bits per heavy atom. The molecule has 2 aromatic rings. The van der Waals surface area contributed by atoms with Crippen LogP contribution in [-0.2, 0) is 14.3 Å². The van der Waals surface area contributed by atoms with E-state index in [1.54, 1.807) is 61.7 Å². The molecule has 0 N–H and O–H groups in total. The minimum absolute atomic E-state index is 0.397. The summed E-state index contributed by atoms with van der Waals surface area (Å²) in [5, 5.41) is 0. The van der Waals surface area contributed by atoms with Crippen molar-refractivity contribution in [3.8, 4) is 11.5 Å². The number of carbonyl (C=O) groups excluding carboxylic acids is 2. The summed E-state index contributed by atoms with van der Waals surface area (Å²) in [7, 11) is 4.43. The smallest absolute Gasteiger partial charge is 0.343 e. The van der Waals surface area contributed by atoms with Gasteiger partial charge in [0, 0.05) is 6.07 Å². The van der Waals surface area contributed by atoms with Gasteiger partial charge in [-0.2, -0.15) is 0 Å². The third kappa shape index (κ3) is 3.84. The minimum Gasteiger partial charge on any atom is -0.497 e. The van der Waals surface area contributed by atoms with E-state index in [0.29, 0.717) is 34.0 Å². The molecule has 0 atom stereocenters. The van der Waals surface area contributed by atoms with Crippen molar-refractivity contribution in [1.29, 1.82) is 0 Å². The zero-order valence-electron chi connectivity index (χ0n) is 15.1. The number of rotatable bonds is 5. The molecular weight excluding hydrogens is 348 g/mol. The van der Waals surface area contributed by atoms with Gasteiger partial charge in [0.25, 0.3) is 0 Å². The van der Waals surface area contributed by atoms with E-state index in [2.05, 4.69) is 4.74 Å². The van der Waals surface area contributed by atoms with E-state index in [-0.39, 0.29) is 0 Å². The molecule has 0 unspecified atom stereocenters. The highest BCUT2D eigenvalue weighted by Gasteiger charge is 2.24. The van der Waals surface area contributed by atoms with E-state index in [9.17, 15) is 9.59 Å². The Labute approximate surface area is 156 Å². The van der Waals surface area contributed by atoms with Crippen LogP contribution in [0.4, 0.5) is 0 Å². The first-order valence-corrected chi connectivity index (χ1v) is 8.12. The molecule has 27 heavy (non-hydrogen) atoms. The molecule has 1 heterocycles. The number of carbonyl (C=O) groups is 2. The highest BCUT2D eigenvalue weighted by molar-refractivity contribution is 6.05. The van der Waals surface area contributed by atoms with Crippen molar-refractivity contribution in [2.45, 2.75) is 0 Å². The van der Waals surface area contributed by atoms with Crippen LogP contribution in [0.1, 0.15) is 21.5 Å². The topological polar surface area (TPSA) is 71.1 Å². The summed E-state index contributed by atoms with van der Waals surface area (Å²) in [5.41, 5.74) is 2.24. The monoisotopic (exact) mass is 366 g/mol. The molecule has 0 fully saturated rings. The summed E-state index contributed by atoms with van der Waals surface area (Å²) < 4.78 is 20.6. The molecule has 2 aromatic carbocycles. The van der Waals surface area contributed by atoms with Gasteiger partial charge in [-0.15, -0.1) is 0 Å². The molecule has 0 aliphatic carbocycles. The maximum Gasteiger partial charge on any atom is 0.343 e. The lowest BCUT2D eigenvalue weighted by Crippen LogP contribution is -2.00. The van der Waals surface area contributed by atoms with Gasteiger partial charge in [-0.1, -0.05) is 12.1 Å². The first kappa shape index (κ1) is 18.3. The summed E-state index contributed by atoms with van der Waals surface area (Å²) in [5.74, 6) is 0.708. The number of hydrogen-bond donors (Lipinski definition) is 0. The third-order valence-electron chi connectivity index (χ3n) is 4.05. The van der Waals surface area contributed by atoms with Crippen LogP contribution < -0.4 is 9.47 Å². The Balaban J connectivity index is 1.90. The van der Waals surface area contributed by atoms with Crippen LogP contribution in [-0.4, -0.2) is 33.3 Å². The van der Waals surface area contributed by atoms with E-state index in [1.807, 2.05) is 0 Å². The van der Waals surface area contributed by atoms with Gasteiger partial charge >= 0.3 is 11.9 Å². The lowest BCUT2D eigenvalue weighted by Gasteiger charge is -2.10. The number of benzene rings is 2. The maximum absolute atomic E-state index is 12.2. The van der Waals surface area contributed by atoms with Gasteiger partial charge in [-0.25, -0.2) is 9.59 Å². The molecule has 0 saturated carbocycles. The molecule has 0 aromatic heterocycles. The summed E-state index contributed by atoms with van der Waals surface area (Å²) >= 11 is 0. The summed E-state index contributed by atoms with van der Waals surface area (Å²) in [6.07, 6.45) is 3.34. The molecule has 0 radical (unpaired) electrons. The molecule has 0 bridgehead atoms. The van der Waals surface area contributed by atoms with Gasteiger partial charge in [-0.3, -0.25) is 0 Å². The molecule has 0 spiro atoms. The van der Waals surface area contributed by atoms with Crippen molar-refractivity contribution in [2.24, 2.45) is 0 Å². The fourth-order valence-electron chi connectivity index (χ4n) is 2.64. The molecule has 3 rings (SSSR count). The Hall–Kier alpha value is -3.54. The third-order valence-corrected chi connectivity index (χ3v) is 4.05. The summed E-state index contributed by atoms with van der Waals surface area (Å²) in [4.78, 5) is 23.7. The normalized spacial score (nSPS) is 14.6. The second-order valence-electron chi connectivity index (χ2n) is 5.68. The van der Waals surface area contributed by atoms with E-state index >= 15 is 0 Å². The van der Waals surface area contributed by atoms with Crippen LogP contribution in [0, 0.1) is 0 Å². The van der Waals surface area contributed by atoms with E-state index < -0.39 is 11.9 Å². The number of cyclic esters (lactones) is 1. The van der Waals surface area contributed by atoms with Crippen molar-refractivity contribution in [3.63, 3.8) is 0 Å². The van der Waals surface area contributed by atoms with Crippen molar-refractivity contribution in [2.75, 3.05) is 21.3 Å². The van der Waals surface area contributed by atoms with Crippen molar-refractivity contribution in [1.82, 2.24) is 0 Å². The fourth-order valence-corrected chi connectivity index (χ4v) is 2.64. The second-order valence-corrected chi connectivity index (χ2v) is 5.68. The lowest BCUT2D eigenvalue weighted by molar-refractivity contribution is -0.130. The number of methoxy groups -OCH3 is 3. The average molecular weight is 366 g/mol. The van der Waals surface area contributed by atoms with E-state index in [1.165, 1.54) is 14.2 Å². The molecule has 1 aliphatic rings. The summed E-state index contributed by atoms with van der Waals surface area (Å²) in [6.45, 7) is 0. The summed E-state index contributed by atoms with van der Waals surface area (Å²) in [6, 6.07) is 12.0. The van der Waals surface area contributed by atoms with Gasteiger partial charge in [0.05, 0.1) is 38.0 Å². The van der Waals surface area contributed by atoms with Crippen LogP contribution in [0.25, 0.3) is 11.8 Å². The van der Waals surface area contributed by atoms with Crippen LogP contribution in [0.3, 0.4) is 0 Å². The predicted octanol–water partition coefficient (Wildman–Crippen LogP) is 3.47. The first-order valence-electron chi connectivity index (χ1n) is 8.12. The maximum atomic E-state index is 12.2. The Kier molecular flexibility index (Phi) is 5.26. The van der Waals surface area contributed by atoms with E-state index in [0.717, 1.165) is 5.56 Å². The van der Waals surface area contributed by atoms with Crippen LogP contribution in [0.2, 0.25) is 0 Å². The van der Waals surface area contributed by atoms with Gasteiger partial charge in [0.1, 0.15) is 17.3 Å². The minimum atomic E-state index is -0.458. The zero-order valence-corrected chi connectivity index (χ0v) is 15.1.